The van der Waals surface area contributed by atoms with Crippen LogP contribution in [-0.2, 0) is 18.9 Å². The molecule has 0 heterocycles. The Hall–Kier alpha value is -0.440. The van der Waals surface area contributed by atoms with E-state index in [9.17, 15) is 0 Å². The Labute approximate surface area is 376 Å². The van der Waals surface area contributed by atoms with Crippen LogP contribution in [0.25, 0.3) is 0 Å². The van der Waals surface area contributed by atoms with Crippen molar-refractivity contribution in [2.75, 3.05) is 26.4 Å². The summed E-state index contributed by atoms with van der Waals surface area (Å²) in [6.07, 6.45) is 32.6. The molecule has 0 aromatic heterocycles. The Balaban J connectivity index is 5.51. The molecule has 0 bridgehead atoms. The molecule has 0 radical (unpaired) electrons. The number of ether oxygens (including phenoxy) is 4. The van der Waals surface area contributed by atoms with Gasteiger partial charge in [0.2, 0.25) is 0 Å². The van der Waals surface area contributed by atoms with Gasteiger partial charge in [-0.3, -0.25) is 0 Å². The van der Waals surface area contributed by atoms with Crippen molar-refractivity contribution in [3.63, 3.8) is 0 Å². The fourth-order valence-corrected chi connectivity index (χ4v) is 7.70. The fraction of sp³-hybridized carbons (Fsp3) is 0.918. The van der Waals surface area contributed by atoms with Crippen LogP contribution < -0.4 is 0 Å². The molecule has 0 aliphatic rings. The van der Waals surface area contributed by atoms with Crippen molar-refractivity contribution in [1.82, 2.24) is 0 Å². The van der Waals surface area contributed by atoms with Gasteiger partial charge in [-0.2, -0.15) is 0 Å². The Kier molecular flexibility index (Phi) is 38.2. The third-order valence-corrected chi connectivity index (χ3v) is 12.1. The quantitative estimate of drug-likeness (QED) is 0.0445. The molecule has 0 unspecified atom stereocenters. The summed E-state index contributed by atoms with van der Waals surface area (Å²) in [7, 11) is 0. The second-order valence-corrected chi connectivity index (χ2v) is 20.8. The molecule has 336 valence electrons. The van der Waals surface area contributed by atoms with Crippen LogP contribution in [-0.4, -0.2) is 46.6 Å². The highest BCUT2D eigenvalue weighted by molar-refractivity contribution is 7.80. The molecule has 0 saturated carbocycles. The summed E-state index contributed by atoms with van der Waals surface area (Å²) in [5, 5.41) is 2.56. The number of thiocarbonyl (C=S) groups is 4. The van der Waals surface area contributed by atoms with Gasteiger partial charge >= 0.3 is 0 Å². The second-order valence-electron chi connectivity index (χ2n) is 18.9. The number of hydrogen-bond acceptors (Lipinski definition) is 8. The minimum Gasteiger partial charge on any atom is -0.486 e. The van der Waals surface area contributed by atoms with Crippen molar-refractivity contribution in [2.45, 2.75) is 235 Å². The third-order valence-electron chi connectivity index (χ3n) is 10.8. The minimum absolute atomic E-state index is 0.315. The largest absolute Gasteiger partial charge is 0.486 e. The van der Waals surface area contributed by atoms with Gasteiger partial charge in [0.15, 0.2) is 20.2 Å². The van der Waals surface area contributed by atoms with E-state index >= 15 is 0 Å². The molecule has 8 heteroatoms. The van der Waals surface area contributed by atoms with E-state index in [-0.39, 0.29) is 0 Å². The first kappa shape index (κ1) is 56.6. The normalized spacial score (nSPS) is 11.9. The van der Waals surface area contributed by atoms with Gasteiger partial charge in [0, 0.05) is 25.7 Å². The van der Waals surface area contributed by atoms with Crippen LogP contribution in [0.2, 0.25) is 0 Å². The van der Waals surface area contributed by atoms with Crippen molar-refractivity contribution in [1.29, 1.82) is 0 Å². The number of hydrogen-bond donors (Lipinski definition) is 0. The first-order valence-corrected chi connectivity index (χ1v) is 25.5. The molecular formula is C49H92O4S4. The van der Waals surface area contributed by atoms with E-state index in [1.54, 1.807) is 0 Å². The summed E-state index contributed by atoms with van der Waals surface area (Å²) < 4.78 is 25.5. The summed E-state index contributed by atoms with van der Waals surface area (Å²) >= 11 is 23.1. The van der Waals surface area contributed by atoms with Gasteiger partial charge in [0.05, 0.1) is 0 Å². The topological polar surface area (TPSA) is 36.9 Å². The summed E-state index contributed by atoms with van der Waals surface area (Å²) in [6.45, 7) is 19.7. The molecule has 0 aromatic carbocycles. The van der Waals surface area contributed by atoms with Crippen molar-refractivity contribution in [3.8, 4) is 0 Å². The highest BCUT2D eigenvalue weighted by Crippen LogP contribution is 2.25. The lowest BCUT2D eigenvalue weighted by atomic mass is 9.92. The molecule has 0 spiro atoms. The van der Waals surface area contributed by atoms with Crippen molar-refractivity contribution in [2.24, 2.45) is 29.1 Å². The maximum atomic E-state index is 6.38. The van der Waals surface area contributed by atoms with E-state index in [2.05, 4.69) is 55.4 Å². The van der Waals surface area contributed by atoms with Crippen molar-refractivity contribution < 1.29 is 18.9 Å². The van der Waals surface area contributed by atoms with Crippen LogP contribution in [0.4, 0.5) is 0 Å². The summed E-state index contributed by atoms with van der Waals surface area (Å²) in [5.41, 5.74) is -0.663. The maximum absolute atomic E-state index is 6.38. The molecule has 0 atom stereocenters. The summed E-state index contributed by atoms with van der Waals surface area (Å²) in [5.74, 6) is 3.11. The van der Waals surface area contributed by atoms with Crippen molar-refractivity contribution in [3.05, 3.63) is 0 Å². The highest BCUT2D eigenvalue weighted by atomic mass is 32.1. The zero-order valence-corrected chi connectivity index (χ0v) is 42.0. The van der Waals surface area contributed by atoms with Crippen LogP contribution in [0, 0.1) is 29.1 Å². The monoisotopic (exact) mass is 873 g/mol. The molecule has 0 saturated heterocycles. The molecule has 57 heavy (non-hydrogen) atoms. The van der Waals surface area contributed by atoms with E-state index in [0.29, 0.717) is 46.6 Å². The summed E-state index contributed by atoms with van der Waals surface area (Å²) in [6, 6.07) is 0. The molecule has 0 aliphatic carbocycles. The lowest BCUT2D eigenvalue weighted by Crippen LogP contribution is -2.43. The average molecular weight is 874 g/mol. The van der Waals surface area contributed by atoms with Gasteiger partial charge in [-0.05, 0) is 98.2 Å². The fourth-order valence-electron chi connectivity index (χ4n) is 6.88. The van der Waals surface area contributed by atoms with Crippen LogP contribution in [0.1, 0.15) is 235 Å². The highest BCUT2D eigenvalue weighted by Gasteiger charge is 2.36. The molecular weight excluding hydrogens is 781 g/mol. The Bertz CT molecular complexity index is 838. The van der Waals surface area contributed by atoms with Gasteiger partial charge < -0.3 is 18.9 Å². The van der Waals surface area contributed by atoms with E-state index in [1.165, 1.54) is 128 Å². The van der Waals surface area contributed by atoms with Crippen LogP contribution in [0.15, 0.2) is 0 Å². The Morgan fingerprint density at radius 2 is 0.474 bits per heavy atom. The predicted octanol–water partition coefficient (Wildman–Crippen LogP) is 16.9. The zero-order valence-electron chi connectivity index (χ0n) is 38.7. The first-order chi connectivity index (χ1) is 27.2. The molecule has 0 rings (SSSR count). The SMILES string of the molecule is CC(C)CCCCCCCC(=S)OCC(COC(=S)CCCCCCCC(C)C)(COC(=S)CCCCCCCC(C)C)COC(=S)CCCCCCCC(C)C. The first-order valence-electron chi connectivity index (χ1n) is 23.9. The third kappa shape index (κ3) is 39.5. The van der Waals surface area contributed by atoms with E-state index in [1.807, 2.05) is 0 Å². The molecule has 0 aromatic rings. The molecule has 4 nitrogen and oxygen atoms in total. The Morgan fingerprint density at radius 3 is 0.667 bits per heavy atom. The van der Waals surface area contributed by atoms with E-state index in [4.69, 9.17) is 67.8 Å². The van der Waals surface area contributed by atoms with Crippen LogP contribution in [0.5, 0.6) is 0 Å². The van der Waals surface area contributed by atoms with Crippen LogP contribution >= 0.6 is 48.9 Å². The molecule has 0 N–H and O–H groups in total. The lowest BCUT2D eigenvalue weighted by molar-refractivity contribution is -0.0163. The zero-order chi connectivity index (χ0) is 42.6. The van der Waals surface area contributed by atoms with Gasteiger partial charge in [-0.25, -0.2) is 0 Å². The number of rotatable bonds is 40. The predicted molar refractivity (Wildman–Crippen MR) is 265 cm³/mol. The maximum Gasteiger partial charge on any atom is 0.159 e. The Morgan fingerprint density at radius 1 is 0.298 bits per heavy atom. The minimum atomic E-state index is -0.663. The molecule has 0 aliphatic heterocycles. The summed E-state index contributed by atoms with van der Waals surface area (Å²) in [4.78, 5) is 0. The molecule has 0 amide bonds. The van der Waals surface area contributed by atoms with Gasteiger partial charge in [0.25, 0.3) is 0 Å². The van der Waals surface area contributed by atoms with E-state index < -0.39 is 5.41 Å². The average Bonchev–Trinajstić information content (AvgIpc) is 3.15. The van der Waals surface area contributed by atoms with E-state index in [0.717, 1.165) is 75.0 Å². The lowest BCUT2D eigenvalue weighted by Gasteiger charge is -2.33. The smallest absolute Gasteiger partial charge is 0.159 e. The standard InChI is InChI=1S/C49H92O4S4/c1-41(2)29-21-13-9-17-25-33-45(54)50-37-49(38-51-46(55)34-26-18-10-14-22-30-42(3)4,39-52-47(56)35-27-19-11-15-23-31-43(5)6)40-53-48(57)36-28-20-12-16-24-32-44(7)8/h41-44H,9-40H2,1-8H3. The van der Waals surface area contributed by atoms with Crippen LogP contribution in [0.3, 0.4) is 0 Å². The molecule has 0 fully saturated rings. The van der Waals surface area contributed by atoms with Gasteiger partial charge in [-0.1, -0.05) is 184 Å². The second kappa shape index (κ2) is 38.5. The van der Waals surface area contributed by atoms with Gasteiger partial charge in [-0.15, -0.1) is 0 Å². The van der Waals surface area contributed by atoms with Crippen molar-refractivity contribution >= 4 is 69.1 Å². The number of unbranched alkanes of at least 4 members (excludes halogenated alkanes) is 16. The van der Waals surface area contributed by atoms with Gasteiger partial charge in [0.1, 0.15) is 31.8 Å².